The molecule has 0 aromatic heterocycles. The minimum absolute atomic E-state index is 0.160. The predicted molar refractivity (Wildman–Crippen MR) is 147 cm³/mol. The van der Waals surface area contributed by atoms with Gasteiger partial charge in [-0.2, -0.15) is 0 Å². The first-order valence-corrected chi connectivity index (χ1v) is 14.1. The number of carbonyl (C=O) groups excluding carboxylic acids is 1. The van der Waals surface area contributed by atoms with Crippen molar-refractivity contribution in [1.29, 1.82) is 0 Å². The van der Waals surface area contributed by atoms with Crippen molar-refractivity contribution in [2.24, 2.45) is 5.92 Å². The molecule has 3 aromatic rings. The van der Waals surface area contributed by atoms with Crippen molar-refractivity contribution in [3.63, 3.8) is 0 Å². The SMILES string of the molecule is O=C1C(CCC(O)c2ccc(F)cc2)C(c2ccc(S[C@@H]3O[C@H](CO)[C@@H](O)[C@H](O)[C@H]3O)cc2)N1c1ccc(F)cc1. The first kappa shape index (κ1) is 29.6. The van der Waals surface area contributed by atoms with Crippen LogP contribution in [0.4, 0.5) is 14.5 Å². The number of carbonyl (C=O) groups is 1. The van der Waals surface area contributed by atoms with Gasteiger partial charge < -0.3 is 35.2 Å². The monoisotopic (exact) mass is 587 g/mol. The van der Waals surface area contributed by atoms with Crippen molar-refractivity contribution < 1.29 is 43.8 Å². The number of benzene rings is 3. The molecule has 2 fully saturated rings. The van der Waals surface area contributed by atoms with Gasteiger partial charge in [0.15, 0.2) is 0 Å². The van der Waals surface area contributed by atoms with Crippen LogP contribution in [0.2, 0.25) is 0 Å². The van der Waals surface area contributed by atoms with Gasteiger partial charge in [0, 0.05) is 10.6 Å². The zero-order chi connectivity index (χ0) is 29.3. The van der Waals surface area contributed by atoms with E-state index in [2.05, 4.69) is 0 Å². The predicted octanol–water partition coefficient (Wildman–Crippen LogP) is 3.07. The van der Waals surface area contributed by atoms with E-state index in [1.54, 1.807) is 17.0 Å². The van der Waals surface area contributed by atoms with Crippen LogP contribution in [0.1, 0.15) is 36.1 Å². The molecular formula is C30H31F2NO7S. The third kappa shape index (κ3) is 6.17. The molecular weight excluding hydrogens is 556 g/mol. The lowest BCUT2D eigenvalue weighted by atomic mass is 9.78. The van der Waals surface area contributed by atoms with E-state index in [1.807, 2.05) is 12.1 Å². The Morgan fingerprint density at radius 1 is 0.854 bits per heavy atom. The summed E-state index contributed by atoms with van der Waals surface area (Å²) >= 11 is 1.12. The van der Waals surface area contributed by atoms with Crippen molar-refractivity contribution in [3.8, 4) is 0 Å². The number of aliphatic hydroxyl groups is 5. The lowest BCUT2D eigenvalue weighted by Gasteiger charge is -2.48. The van der Waals surface area contributed by atoms with Crippen LogP contribution in [0, 0.1) is 17.6 Å². The molecule has 218 valence electrons. The minimum atomic E-state index is -1.48. The Hall–Kier alpha value is -2.90. The first-order valence-electron chi connectivity index (χ1n) is 13.3. The number of amides is 1. The fourth-order valence-electron chi connectivity index (χ4n) is 5.33. The van der Waals surface area contributed by atoms with Crippen LogP contribution in [0.5, 0.6) is 0 Å². The molecule has 2 aliphatic rings. The van der Waals surface area contributed by atoms with Crippen LogP contribution < -0.4 is 4.90 Å². The molecule has 2 heterocycles. The van der Waals surface area contributed by atoms with E-state index in [4.69, 9.17) is 4.74 Å². The molecule has 0 bridgehead atoms. The Bertz CT molecular complexity index is 1330. The molecule has 41 heavy (non-hydrogen) atoms. The van der Waals surface area contributed by atoms with Crippen molar-refractivity contribution in [2.45, 2.75) is 59.7 Å². The summed E-state index contributed by atoms with van der Waals surface area (Å²) in [6.07, 6.45) is -5.55. The number of aliphatic hydroxyl groups excluding tert-OH is 5. The highest BCUT2D eigenvalue weighted by atomic mass is 32.2. The summed E-state index contributed by atoms with van der Waals surface area (Å²) in [5.74, 6) is -1.45. The highest BCUT2D eigenvalue weighted by Gasteiger charge is 2.48. The molecule has 5 rings (SSSR count). The molecule has 5 N–H and O–H groups in total. The van der Waals surface area contributed by atoms with Gasteiger partial charge in [-0.25, -0.2) is 8.78 Å². The normalized spacial score (nSPS) is 28.8. The Morgan fingerprint density at radius 2 is 1.46 bits per heavy atom. The maximum Gasteiger partial charge on any atom is 0.233 e. The average molecular weight is 588 g/mol. The number of nitrogens with zero attached hydrogens (tertiary/aromatic N) is 1. The van der Waals surface area contributed by atoms with E-state index < -0.39 is 60.1 Å². The van der Waals surface area contributed by atoms with Gasteiger partial charge in [0.05, 0.1) is 24.7 Å². The number of ether oxygens (including phenoxy) is 1. The number of rotatable bonds is 9. The lowest BCUT2D eigenvalue weighted by Crippen LogP contribution is -2.57. The molecule has 2 saturated heterocycles. The van der Waals surface area contributed by atoms with Crippen LogP contribution >= 0.6 is 11.8 Å². The summed E-state index contributed by atoms with van der Waals surface area (Å²) in [4.78, 5) is 15.6. The quantitative estimate of drug-likeness (QED) is 0.242. The van der Waals surface area contributed by atoms with Crippen molar-refractivity contribution >= 4 is 23.4 Å². The van der Waals surface area contributed by atoms with Gasteiger partial charge in [-0.3, -0.25) is 4.79 Å². The largest absolute Gasteiger partial charge is 0.394 e. The lowest BCUT2D eigenvalue weighted by molar-refractivity contribution is -0.205. The van der Waals surface area contributed by atoms with Gasteiger partial charge in [0.2, 0.25) is 5.91 Å². The third-order valence-electron chi connectivity index (χ3n) is 7.65. The zero-order valence-corrected chi connectivity index (χ0v) is 22.6. The summed E-state index contributed by atoms with van der Waals surface area (Å²) < 4.78 is 32.5. The summed E-state index contributed by atoms with van der Waals surface area (Å²) in [7, 11) is 0. The van der Waals surface area contributed by atoms with Crippen molar-refractivity contribution in [2.75, 3.05) is 11.5 Å². The molecule has 3 unspecified atom stereocenters. The number of anilines is 1. The van der Waals surface area contributed by atoms with Gasteiger partial charge >= 0.3 is 0 Å². The van der Waals surface area contributed by atoms with Crippen LogP contribution in [0.15, 0.2) is 77.7 Å². The van der Waals surface area contributed by atoms with Crippen molar-refractivity contribution in [3.05, 3.63) is 95.6 Å². The molecule has 2 aliphatic heterocycles. The average Bonchev–Trinajstić information content (AvgIpc) is 2.98. The van der Waals surface area contributed by atoms with E-state index >= 15 is 0 Å². The summed E-state index contributed by atoms with van der Waals surface area (Å²) in [5.41, 5.74) is 0.961. The highest BCUT2D eigenvalue weighted by Crippen LogP contribution is 2.47. The third-order valence-corrected chi connectivity index (χ3v) is 8.81. The smallest absolute Gasteiger partial charge is 0.233 e. The maximum absolute atomic E-state index is 13.6. The van der Waals surface area contributed by atoms with Crippen LogP contribution in [0.25, 0.3) is 0 Å². The number of thioether (sulfide) groups is 1. The number of hydrogen-bond donors (Lipinski definition) is 5. The minimum Gasteiger partial charge on any atom is -0.394 e. The number of halogens is 2. The van der Waals surface area contributed by atoms with Crippen LogP contribution in [0.3, 0.4) is 0 Å². The van der Waals surface area contributed by atoms with Crippen LogP contribution in [-0.4, -0.2) is 67.9 Å². The Kier molecular flexibility index (Phi) is 9.05. The second-order valence-electron chi connectivity index (χ2n) is 10.3. The molecule has 11 heteroatoms. The van der Waals surface area contributed by atoms with Gasteiger partial charge in [0.25, 0.3) is 0 Å². The van der Waals surface area contributed by atoms with E-state index in [1.165, 1.54) is 48.5 Å². The van der Waals surface area contributed by atoms with Crippen LogP contribution in [-0.2, 0) is 9.53 Å². The topological polar surface area (TPSA) is 131 Å². The maximum atomic E-state index is 13.6. The fraction of sp³-hybridized carbons (Fsp3) is 0.367. The second-order valence-corrected chi connectivity index (χ2v) is 11.4. The Morgan fingerprint density at radius 3 is 2.07 bits per heavy atom. The summed E-state index contributed by atoms with van der Waals surface area (Å²) in [5, 5.41) is 50.6. The van der Waals surface area contributed by atoms with Gasteiger partial charge in [-0.15, -0.1) is 0 Å². The summed E-state index contributed by atoms with van der Waals surface area (Å²) in [6.45, 7) is -0.521. The van der Waals surface area contributed by atoms with E-state index in [-0.39, 0.29) is 18.4 Å². The molecule has 0 saturated carbocycles. The van der Waals surface area contributed by atoms with Crippen molar-refractivity contribution in [1.82, 2.24) is 0 Å². The molecule has 3 aromatic carbocycles. The Labute approximate surface area is 239 Å². The zero-order valence-electron chi connectivity index (χ0n) is 21.8. The second kappa shape index (κ2) is 12.5. The number of hydrogen-bond acceptors (Lipinski definition) is 8. The van der Waals surface area contributed by atoms with E-state index in [0.29, 0.717) is 22.6 Å². The van der Waals surface area contributed by atoms with E-state index in [9.17, 15) is 39.1 Å². The van der Waals surface area contributed by atoms with Gasteiger partial charge in [0.1, 0.15) is 41.5 Å². The summed E-state index contributed by atoms with van der Waals surface area (Å²) in [6, 6.07) is 18.0. The molecule has 0 radical (unpaired) electrons. The van der Waals surface area contributed by atoms with E-state index in [0.717, 1.165) is 17.3 Å². The highest BCUT2D eigenvalue weighted by molar-refractivity contribution is 7.99. The van der Waals surface area contributed by atoms with Gasteiger partial charge in [-0.1, -0.05) is 36.0 Å². The molecule has 0 spiro atoms. The number of β-lactam (4-membered cyclic amide) rings is 1. The standard InChI is InChI=1S/C30H31F2NO7S/c31-18-5-1-16(2-6-18)23(35)14-13-22-25(33(29(22)39)20-9-7-19(32)8-10-20)17-3-11-21(12-4-17)41-30-28(38)27(37)26(36)24(15-34)40-30/h1-12,22-28,30,34-38H,13-15H2/t22?,23?,24-,25?,26-,27+,28-,30+/m1/s1. The molecule has 0 aliphatic carbocycles. The molecule has 8 nitrogen and oxygen atoms in total. The van der Waals surface area contributed by atoms with Gasteiger partial charge in [-0.05, 0) is 72.5 Å². The fourth-order valence-corrected chi connectivity index (χ4v) is 6.39. The first-order chi connectivity index (χ1) is 19.7. The Balaban J connectivity index is 1.33. The molecule has 1 amide bonds. The molecule has 8 atom stereocenters.